The molecular weight excluding hydrogens is 220 g/mol. The van der Waals surface area contributed by atoms with Gasteiger partial charge < -0.3 is 5.32 Å². The largest absolute Gasteiger partial charge is 0.311 e. The van der Waals surface area contributed by atoms with Crippen molar-refractivity contribution < 1.29 is 0 Å². The summed E-state index contributed by atoms with van der Waals surface area (Å²) in [5, 5.41) is 3.77. The van der Waals surface area contributed by atoms with Crippen LogP contribution in [0.1, 0.15) is 66.7 Å². The fourth-order valence-electron chi connectivity index (χ4n) is 3.40. The molecule has 1 saturated heterocycles. The minimum atomic E-state index is 0.721. The first-order valence-electron chi connectivity index (χ1n) is 8.11. The summed E-state index contributed by atoms with van der Waals surface area (Å²) in [5.41, 5.74) is 0. The average Bonchev–Trinajstić information content (AvgIpc) is 2.33. The maximum Gasteiger partial charge on any atom is 0.0226 e. The first kappa shape index (κ1) is 16.0. The van der Waals surface area contributed by atoms with Gasteiger partial charge in [0, 0.05) is 31.2 Å². The van der Waals surface area contributed by atoms with Crippen molar-refractivity contribution in [2.75, 3.05) is 13.1 Å². The van der Waals surface area contributed by atoms with Crippen LogP contribution in [0.15, 0.2) is 0 Å². The van der Waals surface area contributed by atoms with Gasteiger partial charge in [-0.25, -0.2) is 0 Å². The summed E-state index contributed by atoms with van der Waals surface area (Å²) in [7, 11) is 0. The Hall–Kier alpha value is -0.0800. The molecule has 2 nitrogen and oxygen atoms in total. The van der Waals surface area contributed by atoms with Crippen LogP contribution in [0.4, 0.5) is 0 Å². The first-order chi connectivity index (χ1) is 8.62. The fraction of sp³-hybridized carbons (Fsp3) is 1.00. The molecule has 0 radical (unpaired) electrons. The van der Waals surface area contributed by atoms with E-state index < -0.39 is 0 Å². The second-order valence-electron chi connectivity index (χ2n) is 6.34. The van der Waals surface area contributed by atoms with Crippen LogP contribution >= 0.6 is 0 Å². The molecule has 0 aromatic heterocycles. The third-order valence-corrected chi connectivity index (χ3v) is 4.33. The molecule has 0 saturated carbocycles. The Kier molecular flexibility index (Phi) is 7.25. The molecule has 0 spiro atoms. The maximum absolute atomic E-state index is 3.77. The van der Waals surface area contributed by atoms with E-state index in [9.17, 15) is 0 Å². The van der Waals surface area contributed by atoms with Gasteiger partial charge in [-0.05, 0) is 31.6 Å². The Labute approximate surface area is 115 Å². The monoisotopic (exact) mass is 254 g/mol. The lowest BCUT2D eigenvalue weighted by Crippen LogP contribution is -2.59. The Morgan fingerprint density at radius 1 is 1.17 bits per heavy atom. The molecule has 1 N–H and O–H groups in total. The lowest BCUT2D eigenvalue weighted by atomic mass is 9.94. The molecule has 1 heterocycles. The number of nitrogens with one attached hydrogen (secondary N) is 1. The van der Waals surface area contributed by atoms with Crippen molar-refractivity contribution >= 4 is 0 Å². The summed E-state index contributed by atoms with van der Waals surface area (Å²) in [6, 6.07) is 2.26. The molecule has 0 amide bonds. The van der Waals surface area contributed by atoms with Crippen LogP contribution < -0.4 is 5.32 Å². The number of hydrogen-bond acceptors (Lipinski definition) is 2. The summed E-state index contributed by atoms with van der Waals surface area (Å²) >= 11 is 0. The molecule has 1 aliphatic heterocycles. The average molecular weight is 254 g/mol. The SMILES string of the molecule is CCCC1CN(C(CC)CC)C(CC(C)C)CN1. The van der Waals surface area contributed by atoms with E-state index in [1.165, 1.54) is 45.2 Å². The summed E-state index contributed by atoms with van der Waals surface area (Å²) in [4.78, 5) is 2.82. The highest BCUT2D eigenvalue weighted by molar-refractivity contribution is 4.89. The first-order valence-corrected chi connectivity index (χ1v) is 8.11. The molecule has 0 aromatic carbocycles. The molecule has 2 unspecified atom stereocenters. The molecule has 108 valence electrons. The summed E-state index contributed by atoms with van der Waals surface area (Å²) in [5.74, 6) is 0.802. The third-order valence-electron chi connectivity index (χ3n) is 4.33. The summed E-state index contributed by atoms with van der Waals surface area (Å²) < 4.78 is 0. The molecule has 0 aliphatic carbocycles. The highest BCUT2D eigenvalue weighted by atomic mass is 15.3. The van der Waals surface area contributed by atoms with Crippen molar-refractivity contribution in [2.24, 2.45) is 5.92 Å². The zero-order valence-corrected chi connectivity index (χ0v) is 13.2. The smallest absolute Gasteiger partial charge is 0.0226 e. The van der Waals surface area contributed by atoms with Gasteiger partial charge in [0.1, 0.15) is 0 Å². The van der Waals surface area contributed by atoms with Crippen molar-refractivity contribution in [3.63, 3.8) is 0 Å². The van der Waals surface area contributed by atoms with E-state index in [1.807, 2.05) is 0 Å². The van der Waals surface area contributed by atoms with E-state index in [4.69, 9.17) is 0 Å². The number of piperazine rings is 1. The molecule has 1 rings (SSSR count). The standard InChI is InChI=1S/C16H34N2/c1-6-9-14-12-18(15(7-2)8-3)16(11-17-14)10-13(4)5/h13-17H,6-12H2,1-5H3. The highest BCUT2D eigenvalue weighted by Crippen LogP contribution is 2.22. The van der Waals surface area contributed by atoms with Crippen molar-refractivity contribution in [1.29, 1.82) is 0 Å². The maximum atomic E-state index is 3.77. The zero-order chi connectivity index (χ0) is 13.5. The van der Waals surface area contributed by atoms with E-state index >= 15 is 0 Å². The molecule has 2 heteroatoms. The third kappa shape index (κ3) is 4.55. The van der Waals surface area contributed by atoms with Crippen molar-refractivity contribution in [2.45, 2.75) is 84.8 Å². The van der Waals surface area contributed by atoms with Gasteiger partial charge in [-0.15, -0.1) is 0 Å². The molecule has 18 heavy (non-hydrogen) atoms. The molecule has 1 aliphatic rings. The Morgan fingerprint density at radius 2 is 1.83 bits per heavy atom. The zero-order valence-electron chi connectivity index (χ0n) is 13.2. The van der Waals surface area contributed by atoms with Gasteiger partial charge in [0.2, 0.25) is 0 Å². The van der Waals surface area contributed by atoms with Crippen LogP contribution in [0.3, 0.4) is 0 Å². The van der Waals surface area contributed by atoms with Crippen molar-refractivity contribution in [3.05, 3.63) is 0 Å². The second kappa shape index (κ2) is 8.16. The molecule has 0 aromatic rings. The van der Waals surface area contributed by atoms with Crippen molar-refractivity contribution in [1.82, 2.24) is 10.2 Å². The summed E-state index contributed by atoms with van der Waals surface area (Å²) in [6.07, 6.45) is 6.55. The lowest BCUT2D eigenvalue weighted by Gasteiger charge is -2.45. The quantitative estimate of drug-likeness (QED) is 0.746. The van der Waals surface area contributed by atoms with Gasteiger partial charge in [-0.2, -0.15) is 0 Å². The van der Waals surface area contributed by atoms with Gasteiger partial charge in [0.15, 0.2) is 0 Å². The topological polar surface area (TPSA) is 15.3 Å². The Balaban J connectivity index is 2.65. The van der Waals surface area contributed by atoms with E-state index in [-0.39, 0.29) is 0 Å². The number of hydrogen-bond donors (Lipinski definition) is 1. The predicted octanol–water partition coefficient (Wildman–Crippen LogP) is 3.66. The van der Waals surface area contributed by atoms with Crippen LogP contribution in [0.5, 0.6) is 0 Å². The highest BCUT2D eigenvalue weighted by Gasteiger charge is 2.31. The lowest BCUT2D eigenvalue weighted by molar-refractivity contribution is 0.0627. The molecule has 0 bridgehead atoms. The van der Waals surface area contributed by atoms with E-state index in [1.54, 1.807) is 0 Å². The van der Waals surface area contributed by atoms with E-state index in [0.717, 1.165) is 24.0 Å². The molecule has 2 atom stereocenters. The Bertz CT molecular complexity index is 211. The molecule has 1 fully saturated rings. The van der Waals surface area contributed by atoms with Gasteiger partial charge >= 0.3 is 0 Å². The van der Waals surface area contributed by atoms with Gasteiger partial charge in [-0.3, -0.25) is 4.90 Å². The summed E-state index contributed by atoms with van der Waals surface area (Å²) in [6.45, 7) is 14.1. The van der Waals surface area contributed by atoms with Crippen LogP contribution in [0.2, 0.25) is 0 Å². The normalized spacial score (nSPS) is 26.2. The van der Waals surface area contributed by atoms with Crippen molar-refractivity contribution in [3.8, 4) is 0 Å². The van der Waals surface area contributed by atoms with E-state index in [0.29, 0.717) is 0 Å². The van der Waals surface area contributed by atoms with Gasteiger partial charge in [0.05, 0.1) is 0 Å². The van der Waals surface area contributed by atoms with Gasteiger partial charge in [0.25, 0.3) is 0 Å². The number of rotatable bonds is 7. The Morgan fingerprint density at radius 3 is 2.33 bits per heavy atom. The fourth-order valence-corrected chi connectivity index (χ4v) is 3.40. The predicted molar refractivity (Wildman–Crippen MR) is 81.0 cm³/mol. The number of nitrogens with zero attached hydrogens (tertiary/aromatic N) is 1. The minimum absolute atomic E-state index is 0.721. The second-order valence-corrected chi connectivity index (χ2v) is 6.34. The molecular formula is C16H34N2. The minimum Gasteiger partial charge on any atom is -0.311 e. The van der Waals surface area contributed by atoms with Crippen LogP contribution in [-0.2, 0) is 0 Å². The van der Waals surface area contributed by atoms with E-state index in [2.05, 4.69) is 44.8 Å². The van der Waals surface area contributed by atoms with Crippen LogP contribution in [-0.4, -0.2) is 36.1 Å². The van der Waals surface area contributed by atoms with Gasteiger partial charge in [-0.1, -0.05) is 41.0 Å². The van der Waals surface area contributed by atoms with Crippen LogP contribution in [0, 0.1) is 5.92 Å². The van der Waals surface area contributed by atoms with Crippen LogP contribution in [0.25, 0.3) is 0 Å².